The van der Waals surface area contributed by atoms with Crippen LogP contribution in [0.4, 0.5) is 0 Å². The first kappa shape index (κ1) is 18.1. The molecule has 0 radical (unpaired) electrons. The number of nitrogens with one attached hydrogen (secondary N) is 1. The fourth-order valence-electron chi connectivity index (χ4n) is 3.63. The van der Waals surface area contributed by atoms with E-state index < -0.39 is 0 Å². The molecule has 0 aliphatic carbocycles. The smallest absolute Gasteiger partial charge is 0.225 e. The summed E-state index contributed by atoms with van der Waals surface area (Å²) in [5.41, 5.74) is 3.85. The number of likely N-dealkylation sites (tertiary alicyclic amines) is 1. The van der Waals surface area contributed by atoms with E-state index in [-0.39, 0.29) is 5.91 Å². The van der Waals surface area contributed by atoms with Gasteiger partial charge in [-0.3, -0.25) is 4.79 Å². The zero-order valence-corrected chi connectivity index (χ0v) is 16.2. The molecule has 1 fully saturated rings. The maximum absolute atomic E-state index is 12.1. The molecule has 1 aromatic carbocycles. The second kappa shape index (κ2) is 8.11. The predicted octanol–water partition coefficient (Wildman–Crippen LogP) is 3.22. The second-order valence-electron chi connectivity index (χ2n) is 6.91. The highest BCUT2D eigenvalue weighted by Gasteiger charge is 2.24. The molecule has 1 aromatic heterocycles. The molecule has 1 N–H and O–H groups in total. The SMILES string of the molecule is Cc1nc(C)c(CC(=O)NCCN2CC[C@H](c3ccccc3C)C2)s1. The fraction of sp³-hybridized carbons (Fsp3) is 0.500. The summed E-state index contributed by atoms with van der Waals surface area (Å²) in [5.74, 6) is 0.723. The van der Waals surface area contributed by atoms with Crippen LogP contribution in [0.5, 0.6) is 0 Å². The fourth-order valence-corrected chi connectivity index (χ4v) is 4.57. The molecule has 25 heavy (non-hydrogen) atoms. The Morgan fingerprint density at radius 1 is 1.32 bits per heavy atom. The van der Waals surface area contributed by atoms with Crippen molar-refractivity contribution in [3.05, 3.63) is 51.0 Å². The van der Waals surface area contributed by atoms with Gasteiger partial charge in [-0.25, -0.2) is 4.98 Å². The van der Waals surface area contributed by atoms with E-state index in [1.54, 1.807) is 11.3 Å². The van der Waals surface area contributed by atoms with E-state index >= 15 is 0 Å². The minimum Gasteiger partial charge on any atom is -0.355 e. The van der Waals surface area contributed by atoms with Gasteiger partial charge in [-0.2, -0.15) is 0 Å². The molecule has 1 amide bonds. The summed E-state index contributed by atoms with van der Waals surface area (Å²) in [6.45, 7) is 10.0. The highest BCUT2D eigenvalue weighted by molar-refractivity contribution is 7.11. The largest absolute Gasteiger partial charge is 0.355 e. The molecular formula is C20H27N3OS. The van der Waals surface area contributed by atoms with Gasteiger partial charge in [-0.15, -0.1) is 11.3 Å². The van der Waals surface area contributed by atoms with Crippen molar-refractivity contribution in [2.24, 2.45) is 0 Å². The van der Waals surface area contributed by atoms with E-state index in [0.29, 0.717) is 12.3 Å². The van der Waals surface area contributed by atoms with Crippen molar-refractivity contribution < 1.29 is 4.79 Å². The van der Waals surface area contributed by atoms with Gasteiger partial charge >= 0.3 is 0 Å². The number of carbonyl (C=O) groups is 1. The molecule has 3 rings (SSSR count). The van der Waals surface area contributed by atoms with Gasteiger partial charge in [0.05, 0.1) is 17.1 Å². The normalized spacial score (nSPS) is 17.8. The quantitative estimate of drug-likeness (QED) is 0.863. The van der Waals surface area contributed by atoms with E-state index in [0.717, 1.165) is 41.8 Å². The number of benzene rings is 1. The lowest BCUT2D eigenvalue weighted by Gasteiger charge is -2.17. The Labute approximate surface area is 154 Å². The number of thiazole rings is 1. The van der Waals surface area contributed by atoms with Crippen molar-refractivity contribution in [1.29, 1.82) is 0 Å². The van der Waals surface area contributed by atoms with Crippen LogP contribution in [-0.2, 0) is 11.2 Å². The Hall–Kier alpha value is -1.72. The second-order valence-corrected chi connectivity index (χ2v) is 8.20. The Morgan fingerprint density at radius 2 is 2.12 bits per heavy atom. The van der Waals surface area contributed by atoms with Gasteiger partial charge in [-0.05, 0) is 50.8 Å². The van der Waals surface area contributed by atoms with Gasteiger partial charge in [0.2, 0.25) is 5.91 Å². The third-order valence-corrected chi connectivity index (χ3v) is 6.04. The summed E-state index contributed by atoms with van der Waals surface area (Å²) >= 11 is 1.62. The first-order valence-electron chi connectivity index (χ1n) is 9.00. The van der Waals surface area contributed by atoms with Crippen LogP contribution in [0.1, 0.15) is 39.0 Å². The number of nitrogens with zero attached hydrogens (tertiary/aromatic N) is 2. The number of hydrogen-bond acceptors (Lipinski definition) is 4. The molecule has 1 aliphatic rings. The molecule has 1 saturated heterocycles. The lowest BCUT2D eigenvalue weighted by atomic mass is 9.94. The average Bonchev–Trinajstić information content (AvgIpc) is 3.15. The third kappa shape index (κ3) is 4.67. The van der Waals surface area contributed by atoms with Crippen LogP contribution in [0.15, 0.2) is 24.3 Å². The van der Waals surface area contributed by atoms with Gasteiger partial charge in [0, 0.05) is 24.5 Å². The number of hydrogen-bond donors (Lipinski definition) is 1. The molecule has 1 aliphatic heterocycles. The number of carbonyl (C=O) groups excluding carboxylic acids is 1. The molecule has 1 atom stereocenters. The minimum absolute atomic E-state index is 0.0985. The molecule has 4 nitrogen and oxygen atoms in total. The van der Waals surface area contributed by atoms with Gasteiger partial charge in [0.25, 0.3) is 0 Å². The monoisotopic (exact) mass is 357 g/mol. The molecule has 2 aromatic rings. The summed E-state index contributed by atoms with van der Waals surface area (Å²) in [4.78, 5) is 20.0. The maximum Gasteiger partial charge on any atom is 0.225 e. The number of rotatable bonds is 6. The van der Waals surface area contributed by atoms with E-state index in [1.165, 1.54) is 17.5 Å². The highest BCUT2D eigenvalue weighted by Crippen LogP contribution is 2.28. The number of amides is 1. The van der Waals surface area contributed by atoms with Gasteiger partial charge in [0.15, 0.2) is 0 Å². The summed E-state index contributed by atoms with van der Waals surface area (Å²) < 4.78 is 0. The van der Waals surface area contributed by atoms with Gasteiger partial charge in [-0.1, -0.05) is 24.3 Å². The standard InChI is InChI=1S/C20H27N3OS/c1-14-6-4-5-7-18(14)17-8-10-23(13-17)11-9-21-20(24)12-19-15(2)22-16(3)25-19/h4-7,17H,8-13H2,1-3H3,(H,21,24)/t17-/m0/s1. The minimum atomic E-state index is 0.0985. The first-order chi connectivity index (χ1) is 12.0. The zero-order chi connectivity index (χ0) is 17.8. The molecule has 0 bridgehead atoms. The van der Waals surface area contributed by atoms with Crippen LogP contribution in [0.3, 0.4) is 0 Å². The Kier molecular flexibility index (Phi) is 5.86. The lowest BCUT2D eigenvalue weighted by molar-refractivity contribution is -0.120. The van der Waals surface area contributed by atoms with Crippen molar-refractivity contribution in [1.82, 2.24) is 15.2 Å². The van der Waals surface area contributed by atoms with Crippen LogP contribution in [-0.4, -0.2) is 42.0 Å². The van der Waals surface area contributed by atoms with Crippen LogP contribution < -0.4 is 5.32 Å². The van der Waals surface area contributed by atoms with Crippen molar-refractivity contribution >= 4 is 17.2 Å². The van der Waals surface area contributed by atoms with Crippen molar-refractivity contribution in [2.75, 3.05) is 26.2 Å². The maximum atomic E-state index is 12.1. The Morgan fingerprint density at radius 3 is 2.84 bits per heavy atom. The van der Waals surface area contributed by atoms with E-state index in [4.69, 9.17) is 0 Å². The molecule has 134 valence electrons. The van der Waals surface area contributed by atoms with Crippen LogP contribution in [0.25, 0.3) is 0 Å². The third-order valence-electron chi connectivity index (χ3n) is 4.97. The van der Waals surface area contributed by atoms with Crippen molar-refractivity contribution in [3.63, 3.8) is 0 Å². The summed E-state index contributed by atoms with van der Waals surface area (Å²) in [6, 6.07) is 8.69. The van der Waals surface area contributed by atoms with E-state index in [1.807, 2.05) is 13.8 Å². The Bertz CT molecular complexity index is 740. The number of aryl methyl sites for hydroxylation is 3. The highest BCUT2D eigenvalue weighted by atomic mass is 32.1. The molecule has 2 heterocycles. The Balaban J connectivity index is 1.42. The van der Waals surface area contributed by atoms with E-state index in [2.05, 4.69) is 46.4 Å². The molecule has 5 heteroatoms. The summed E-state index contributed by atoms with van der Waals surface area (Å²) in [5, 5.41) is 4.09. The van der Waals surface area contributed by atoms with Crippen LogP contribution in [0, 0.1) is 20.8 Å². The average molecular weight is 358 g/mol. The molecule has 0 saturated carbocycles. The van der Waals surface area contributed by atoms with Gasteiger partial charge < -0.3 is 10.2 Å². The molecule has 0 spiro atoms. The van der Waals surface area contributed by atoms with Crippen molar-refractivity contribution in [3.8, 4) is 0 Å². The van der Waals surface area contributed by atoms with Crippen molar-refractivity contribution in [2.45, 2.75) is 39.5 Å². The molecule has 0 unspecified atom stereocenters. The van der Waals surface area contributed by atoms with Crippen LogP contribution >= 0.6 is 11.3 Å². The summed E-state index contributed by atoms with van der Waals surface area (Å²) in [7, 11) is 0. The zero-order valence-electron chi connectivity index (χ0n) is 15.3. The molecular weight excluding hydrogens is 330 g/mol. The first-order valence-corrected chi connectivity index (χ1v) is 9.82. The summed E-state index contributed by atoms with van der Waals surface area (Å²) in [6.07, 6.45) is 1.65. The number of aromatic nitrogens is 1. The lowest BCUT2D eigenvalue weighted by Crippen LogP contribution is -2.34. The predicted molar refractivity (Wildman–Crippen MR) is 103 cm³/mol. The van der Waals surface area contributed by atoms with Crippen LogP contribution in [0.2, 0.25) is 0 Å². The van der Waals surface area contributed by atoms with E-state index in [9.17, 15) is 4.79 Å². The topological polar surface area (TPSA) is 45.2 Å². The van der Waals surface area contributed by atoms with Gasteiger partial charge in [0.1, 0.15) is 0 Å².